The lowest BCUT2D eigenvalue weighted by atomic mass is 10.0. The first-order valence-corrected chi connectivity index (χ1v) is 4.66. The third-order valence-electron chi connectivity index (χ3n) is 2.08. The van der Waals surface area contributed by atoms with Crippen molar-refractivity contribution in [2.75, 3.05) is 5.73 Å². The number of anilines is 1. The fourth-order valence-electron chi connectivity index (χ4n) is 1.21. The molecule has 0 spiro atoms. The molecule has 0 bridgehead atoms. The van der Waals surface area contributed by atoms with Crippen LogP contribution in [0.2, 0.25) is 5.02 Å². The summed E-state index contributed by atoms with van der Waals surface area (Å²) in [5.74, 6) is 0. The van der Waals surface area contributed by atoms with Crippen molar-refractivity contribution in [3.63, 3.8) is 0 Å². The van der Waals surface area contributed by atoms with Gasteiger partial charge in [0.1, 0.15) is 0 Å². The number of rotatable bonds is 2. The summed E-state index contributed by atoms with van der Waals surface area (Å²) in [5, 5.41) is 9.18. The van der Waals surface area contributed by atoms with Gasteiger partial charge in [0, 0.05) is 10.7 Å². The normalized spacial score (nSPS) is 14.9. The molecule has 0 aliphatic carbocycles. The van der Waals surface area contributed by atoms with Crippen LogP contribution in [0.15, 0.2) is 18.2 Å². The van der Waals surface area contributed by atoms with Gasteiger partial charge in [0.2, 0.25) is 0 Å². The lowest BCUT2D eigenvalue weighted by Gasteiger charge is -2.22. The molecule has 17 heavy (non-hydrogen) atoms. The fraction of sp³-hybridized carbons (Fsp3) is 0.333. The van der Waals surface area contributed by atoms with Crippen LogP contribution in [-0.4, -0.2) is 17.4 Å². The second-order valence-electron chi connectivity index (χ2n) is 3.29. The van der Waals surface area contributed by atoms with Crippen LogP contribution >= 0.6 is 24.0 Å². The van der Waals surface area contributed by atoms with Crippen LogP contribution in [0.1, 0.15) is 11.6 Å². The van der Waals surface area contributed by atoms with Crippen molar-refractivity contribution in [3.8, 4) is 0 Å². The quantitative estimate of drug-likeness (QED) is 0.732. The Bertz CT molecular complexity index is 387. The average molecular weight is 291 g/mol. The van der Waals surface area contributed by atoms with E-state index in [1.165, 1.54) is 18.2 Å². The minimum absolute atomic E-state index is 0. The van der Waals surface area contributed by atoms with E-state index in [9.17, 15) is 13.2 Å². The highest BCUT2D eigenvalue weighted by molar-refractivity contribution is 6.30. The average Bonchev–Trinajstić information content (AvgIpc) is 2.18. The molecule has 0 unspecified atom stereocenters. The zero-order valence-corrected chi connectivity index (χ0v) is 9.98. The van der Waals surface area contributed by atoms with E-state index < -0.39 is 18.3 Å². The summed E-state index contributed by atoms with van der Waals surface area (Å²) in [5.41, 5.74) is 10.8. The molecule has 0 heterocycles. The number of hydrogen-bond acceptors (Lipinski definition) is 3. The number of nitrogen functional groups attached to an aromatic ring is 1. The first kappa shape index (κ1) is 16.3. The number of alkyl halides is 3. The Balaban J connectivity index is 0.00000256. The molecule has 0 saturated carbocycles. The summed E-state index contributed by atoms with van der Waals surface area (Å²) in [6.07, 6.45) is -7.47. The van der Waals surface area contributed by atoms with Crippen LogP contribution < -0.4 is 11.5 Å². The first-order chi connectivity index (χ1) is 7.23. The molecule has 0 amide bonds. The maximum atomic E-state index is 12.2. The largest absolute Gasteiger partial charge is 0.416 e. The maximum Gasteiger partial charge on any atom is 0.416 e. The van der Waals surface area contributed by atoms with E-state index in [1.54, 1.807) is 0 Å². The number of nitrogens with two attached hydrogens (primary N) is 2. The standard InChI is InChI=1S/C9H10ClF3N2O.ClH/c10-4-1-2-6(14)5(3-4)7(15)8(16)9(11,12)13;/h1-3,7-8,16H,14-15H2;1H/t7-,8-;/m1./s1. The third-order valence-corrected chi connectivity index (χ3v) is 2.32. The van der Waals surface area contributed by atoms with Gasteiger partial charge in [-0.15, -0.1) is 12.4 Å². The van der Waals surface area contributed by atoms with Gasteiger partial charge in [-0.2, -0.15) is 13.2 Å². The topological polar surface area (TPSA) is 72.3 Å². The number of hydrogen-bond donors (Lipinski definition) is 3. The number of benzene rings is 1. The highest BCUT2D eigenvalue weighted by atomic mass is 35.5. The summed E-state index contributed by atoms with van der Waals surface area (Å²) in [6.45, 7) is 0. The van der Waals surface area contributed by atoms with Crippen molar-refractivity contribution in [2.45, 2.75) is 18.3 Å². The van der Waals surface area contributed by atoms with Gasteiger partial charge in [0.15, 0.2) is 6.10 Å². The van der Waals surface area contributed by atoms with Crippen molar-refractivity contribution in [3.05, 3.63) is 28.8 Å². The van der Waals surface area contributed by atoms with E-state index in [4.69, 9.17) is 28.2 Å². The van der Waals surface area contributed by atoms with Crippen LogP contribution in [0.25, 0.3) is 0 Å². The van der Waals surface area contributed by atoms with Crippen LogP contribution in [0.3, 0.4) is 0 Å². The van der Waals surface area contributed by atoms with Gasteiger partial charge in [0.05, 0.1) is 6.04 Å². The molecule has 1 rings (SSSR count). The van der Waals surface area contributed by atoms with E-state index in [-0.39, 0.29) is 28.7 Å². The maximum absolute atomic E-state index is 12.2. The minimum atomic E-state index is -4.80. The summed E-state index contributed by atoms with van der Waals surface area (Å²) in [6, 6.07) is 2.31. The van der Waals surface area contributed by atoms with E-state index in [1.807, 2.05) is 0 Å². The van der Waals surface area contributed by atoms with Crippen molar-refractivity contribution < 1.29 is 18.3 Å². The Hall–Kier alpha value is -0.690. The molecule has 8 heteroatoms. The summed E-state index contributed by atoms with van der Waals surface area (Å²) in [7, 11) is 0. The molecule has 1 aromatic carbocycles. The van der Waals surface area contributed by atoms with Gasteiger partial charge in [-0.05, 0) is 23.8 Å². The zero-order valence-electron chi connectivity index (χ0n) is 8.41. The smallest absolute Gasteiger partial charge is 0.398 e. The number of aliphatic hydroxyl groups is 1. The molecule has 3 nitrogen and oxygen atoms in total. The molecule has 0 radical (unpaired) electrons. The summed E-state index contributed by atoms with van der Waals surface area (Å²) < 4.78 is 36.6. The van der Waals surface area contributed by atoms with Crippen LogP contribution in [0.5, 0.6) is 0 Å². The van der Waals surface area contributed by atoms with Gasteiger partial charge in [0.25, 0.3) is 0 Å². The lowest BCUT2D eigenvalue weighted by molar-refractivity contribution is -0.210. The van der Waals surface area contributed by atoms with Crippen LogP contribution in [0.4, 0.5) is 18.9 Å². The Morgan fingerprint density at radius 1 is 1.29 bits per heavy atom. The second kappa shape index (κ2) is 5.77. The van der Waals surface area contributed by atoms with Crippen LogP contribution in [-0.2, 0) is 0 Å². The molecule has 98 valence electrons. The van der Waals surface area contributed by atoms with Crippen molar-refractivity contribution in [1.29, 1.82) is 0 Å². The van der Waals surface area contributed by atoms with Gasteiger partial charge >= 0.3 is 6.18 Å². The molecule has 0 fully saturated rings. The van der Waals surface area contributed by atoms with Gasteiger partial charge in [-0.25, -0.2) is 0 Å². The van der Waals surface area contributed by atoms with Gasteiger partial charge in [-0.1, -0.05) is 11.6 Å². The van der Waals surface area contributed by atoms with Crippen molar-refractivity contribution >= 4 is 29.7 Å². The van der Waals surface area contributed by atoms with Crippen molar-refractivity contribution in [2.24, 2.45) is 5.73 Å². The third kappa shape index (κ3) is 3.92. The van der Waals surface area contributed by atoms with E-state index in [0.29, 0.717) is 0 Å². The predicted octanol–water partition coefficient (Wildman–Crippen LogP) is 2.27. The molecule has 0 saturated heterocycles. The predicted molar refractivity (Wildman–Crippen MR) is 62.1 cm³/mol. The fourth-order valence-corrected chi connectivity index (χ4v) is 1.39. The molecule has 0 aliphatic rings. The zero-order chi connectivity index (χ0) is 12.5. The lowest BCUT2D eigenvalue weighted by Crippen LogP contribution is -2.39. The van der Waals surface area contributed by atoms with E-state index in [2.05, 4.69) is 0 Å². The Kier molecular flexibility index (Phi) is 5.54. The molecule has 0 aliphatic heterocycles. The Labute approximate surface area is 107 Å². The molecule has 1 aromatic rings. The molecular formula is C9H11Cl2F3N2O. The van der Waals surface area contributed by atoms with E-state index >= 15 is 0 Å². The van der Waals surface area contributed by atoms with E-state index in [0.717, 1.165) is 0 Å². The van der Waals surface area contributed by atoms with Gasteiger partial charge in [-0.3, -0.25) is 0 Å². The second-order valence-corrected chi connectivity index (χ2v) is 3.72. The Morgan fingerprint density at radius 2 is 1.82 bits per heavy atom. The minimum Gasteiger partial charge on any atom is -0.398 e. The molecule has 0 aromatic heterocycles. The van der Waals surface area contributed by atoms with Crippen molar-refractivity contribution in [1.82, 2.24) is 0 Å². The SMILES string of the molecule is Cl.Nc1ccc(Cl)cc1[C@@H](N)[C@@H](O)C(F)(F)F. The molecule has 2 atom stereocenters. The number of aliphatic hydroxyl groups excluding tert-OH is 1. The monoisotopic (exact) mass is 290 g/mol. The van der Waals surface area contributed by atoms with Crippen LogP contribution in [0, 0.1) is 0 Å². The highest BCUT2D eigenvalue weighted by Crippen LogP contribution is 2.32. The Morgan fingerprint density at radius 3 is 2.29 bits per heavy atom. The summed E-state index contributed by atoms with van der Waals surface area (Å²) >= 11 is 5.61. The first-order valence-electron chi connectivity index (χ1n) is 4.28. The molecule has 5 N–H and O–H groups in total. The highest BCUT2D eigenvalue weighted by Gasteiger charge is 2.43. The molecular weight excluding hydrogens is 280 g/mol. The number of halogens is 5. The summed E-state index contributed by atoms with van der Waals surface area (Å²) in [4.78, 5) is 0. The van der Waals surface area contributed by atoms with Gasteiger partial charge < -0.3 is 16.6 Å².